The van der Waals surface area contributed by atoms with Gasteiger partial charge in [-0.05, 0) is 6.07 Å². The molecule has 0 bridgehead atoms. The van der Waals surface area contributed by atoms with Crippen LogP contribution in [0.2, 0.25) is 0 Å². The average molecular weight is 245 g/mol. The Balaban J connectivity index is 2.45. The molecule has 6 nitrogen and oxygen atoms in total. The number of benzene rings is 1. The van der Waals surface area contributed by atoms with Gasteiger partial charge in [-0.2, -0.15) is 4.39 Å². The quantitative estimate of drug-likeness (QED) is 0.442. The van der Waals surface area contributed by atoms with Gasteiger partial charge in [-0.15, -0.1) is 0 Å². The predicted octanol–water partition coefficient (Wildman–Crippen LogP) is 1.12. The highest BCUT2D eigenvalue weighted by atomic mass is 19.1. The number of hydrogen-bond acceptors (Lipinski definition) is 5. The van der Waals surface area contributed by atoms with E-state index in [0.717, 1.165) is 12.1 Å². The van der Waals surface area contributed by atoms with E-state index in [9.17, 15) is 14.5 Å². The zero-order valence-electron chi connectivity index (χ0n) is 8.97. The Morgan fingerprint density at radius 3 is 2.71 bits per heavy atom. The number of nitro benzene ring substituents is 1. The molecule has 17 heavy (non-hydrogen) atoms. The maximum Gasteiger partial charge on any atom is 0.305 e. The average Bonchev–Trinajstić information content (AvgIpc) is 2.28. The summed E-state index contributed by atoms with van der Waals surface area (Å²) >= 11 is 0. The van der Waals surface area contributed by atoms with Crippen LogP contribution in [0.1, 0.15) is 0 Å². The first-order chi connectivity index (χ1) is 8.15. The lowest BCUT2D eigenvalue weighted by Crippen LogP contribution is -2.09. The molecule has 0 aliphatic rings. The summed E-state index contributed by atoms with van der Waals surface area (Å²) in [6.45, 7) is 0.556. The fraction of sp³-hybridized carbons (Fsp3) is 0.400. The monoisotopic (exact) mass is 245 g/mol. The molecule has 0 saturated heterocycles. The van der Waals surface area contributed by atoms with E-state index >= 15 is 0 Å². The van der Waals surface area contributed by atoms with Gasteiger partial charge in [0.15, 0.2) is 0 Å². The number of halogens is 1. The summed E-state index contributed by atoms with van der Waals surface area (Å²) in [6, 6.07) is 3.30. The number of ether oxygens (including phenoxy) is 2. The largest absolute Gasteiger partial charge is 0.491 e. The van der Waals surface area contributed by atoms with Crippen molar-refractivity contribution < 1.29 is 23.9 Å². The van der Waals surface area contributed by atoms with Gasteiger partial charge in [0.2, 0.25) is 5.82 Å². The van der Waals surface area contributed by atoms with Gasteiger partial charge < -0.3 is 14.6 Å². The van der Waals surface area contributed by atoms with Gasteiger partial charge in [-0.3, -0.25) is 10.1 Å². The second-order valence-corrected chi connectivity index (χ2v) is 3.05. The van der Waals surface area contributed by atoms with E-state index in [-0.39, 0.29) is 32.2 Å². The highest BCUT2D eigenvalue weighted by Crippen LogP contribution is 2.22. The minimum absolute atomic E-state index is 0.0772. The molecule has 0 heterocycles. The summed E-state index contributed by atoms with van der Waals surface area (Å²) in [5.41, 5.74) is -0.589. The molecule has 0 aliphatic carbocycles. The molecule has 1 N–H and O–H groups in total. The second kappa shape index (κ2) is 6.77. The fourth-order valence-electron chi connectivity index (χ4n) is 1.11. The molecule has 0 fully saturated rings. The summed E-state index contributed by atoms with van der Waals surface area (Å²) in [5, 5.41) is 18.8. The van der Waals surface area contributed by atoms with Gasteiger partial charge in [0.05, 0.1) is 24.7 Å². The van der Waals surface area contributed by atoms with Crippen molar-refractivity contribution in [1.29, 1.82) is 0 Å². The maximum atomic E-state index is 13.1. The van der Waals surface area contributed by atoms with Gasteiger partial charge >= 0.3 is 5.69 Å². The number of aliphatic hydroxyl groups is 1. The van der Waals surface area contributed by atoms with Crippen LogP contribution in [0.3, 0.4) is 0 Å². The minimum Gasteiger partial charge on any atom is -0.491 e. The highest BCUT2D eigenvalue weighted by molar-refractivity contribution is 5.37. The van der Waals surface area contributed by atoms with E-state index in [1.807, 2.05) is 0 Å². The first kappa shape index (κ1) is 13.3. The van der Waals surface area contributed by atoms with Crippen molar-refractivity contribution in [2.45, 2.75) is 0 Å². The molecule has 0 spiro atoms. The molecule has 1 rings (SSSR count). The predicted molar refractivity (Wildman–Crippen MR) is 56.5 cm³/mol. The molecular formula is C10H12FNO5. The van der Waals surface area contributed by atoms with Crippen LogP contribution in [-0.2, 0) is 4.74 Å². The number of rotatable bonds is 7. The second-order valence-electron chi connectivity index (χ2n) is 3.05. The molecule has 1 aromatic rings. The van der Waals surface area contributed by atoms with Crippen molar-refractivity contribution in [3.63, 3.8) is 0 Å². The normalized spacial score (nSPS) is 10.2. The summed E-state index contributed by atoms with van der Waals surface area (Å²) in [7, 11) is 0. The third kappa shape index (κ3) is 4.33. The Morgan fingerprint density at radius 1 is 1.35 bits per heavy atom. The summed E-state index contributed by atoms with van der Waals surface area (Å²) < 4.78 is 23.2. The van der Waals surface area contributed by atoms with Crippen LogP contribution in [-0.4, -0.2) is 36.5 Å². The fourth-order valence-corrected chi connectivity index (χ4v) is 1.11. The Bertz CT molecular complexity index is 385. The SMILES string of the molecule is O=[N+]([O-])c1ccc(OCCOCCO)cc1F. The Kier molecular flexibility index (Phi) is 5.31. The van der Waals surface area contributed by atoms with Gasteiger partial charge in [0, 0.05) is 12.1 Å². The topological polar surface area (TPSA) is 81.8 Å². The third-order valence-corrected chi connectivity index (χ3v) is 1.85. The number of aliphatic hydroxyl groups excluding tert-OH is 1. The van der Waals surface area contributed by atoms with E-state index in [1.54, 1.807) is 0 Å². The molecule has 0 saturated carbocycles. The Morgan fingerprint density at radius 2 is 2.12 bits per heavy atom. The Labute approximate surface area is 96.7 Å². The van der Waals surface area contributed by atoms with E-state index < -0.39 is 16.4 Å². The summed E-state index contributed by atoms with van der Waals surface area (Å²) in [5.74, 6) is -0.746. The van der Waals surface area contributed by atoms with Gasteiger partial charge in [0.25, 0.3) is 0 Å². The van der Waals surface area contributed by atoms with Gasteiger partial charge in [0.1, 0.15) is 12.4 Å². The lowest BCUT2D eigenvalue weighted by Gasteiger charge is -2.06. The van der Waals surface area contributed by atoms with Crippen molar-refractivity contribution in [2.75, 3.05) is 26.4 Å². The van der Waals surface area contributed by atoms with Crippen LogP contribution in [0.25, 0.3) is 0 Å². The van der Waals surface area contributed by atoms with Crippen LogP contribution in [0.15, 0.2) is 18.2 Å². The molecular weight excluding hydrogens is 233 g/mol. The van der Waals surface area contributed by atoms with E-state index in [0.29, 0.717) is 0 Å². The number of nitro groups is 1. The molecule has 0 amide bonds. The van der Waals surface area contributed by atoms with Crippen LogP contribution in [0.5, 0.6) is 5.75 Å². The lowest BCUT2D eigenvalue weighted by molar-refractivity contribution is -0.387. The summed E-state index contributed by atoms with van der Waals surface area (Å²) in [6.07, 6.45) is 0. The Hall–Kier alpha value is -1.73. The smallest absolute Gasteiger partial charge is 0.305 e. The van der Waals surface area contributed by atoms with E-state index in [2.05, 4.69) is 0 Å². The molecule has 0 aliphatic heterocycles. The van der Waals surface area contributed by atoms with Crippen molar-refractivity contribution in [1.82, 2.24) is 0 Å². The summed E-state index contributed by atoms with van der Waals surface area (Å²) in [4.78, 5) is 9.54. The highest BCUT2D eigenvalue weighted by Gasteiger charge is 2.13. The van der Waals surface area contributed by atoms with Crippen molar-refractivity contribution in [2.24, 2.45) is 0 Å². The molecule has 0 radical (unpaired) electrons. The van der Waals surface area contributed by atoms with Crippen LogP contribution >= 0.6 is 0 Å². The van der Waals surface area contributed by atoms with Gasteiger partial charge in [-0.1, -0.05) is 0 Å². The zero-order valence-corrected chi connectivity index (χ0v) is 8.97. The molecule has 0 aromatic heterocycles. The van der Waals surface area contributed by atoms with Crippen molar-refractivity contribution in [3.8, 4) is 5.75 Å². The van der Waals surface area contributed by atoms with Crippen LogP contribution in [0, 0.1) is 15.9 Å². The first-order valence-corrected chi connectivity index (χ1v) is 4.90. The van der Waals surface area contributed by atoms with Crippen molar-refractivity contribution in [3.05, 3.63) is 34.1 Å². The van der Waals surface area contributed by atoms with Crippen LogP contribution in [0.4, 0.5) is 10.1 Å². The lowest BCUT2D eigenvalue weighted by atomic mass is 10.3. The zero-order chi connectivity index (χ0) is 12.7. The first-order valence-electron chi connectivity index (χ1n) is 4.90. The molecule has 1 aromatic carbocycles. The van der Waals surface area contributed by atoms with Crippen LogP contribution < -0.4 is 4.74 Å². The van der Waals surface area contributed by atoms with E-state index in [4.69, 9.17) is 14.6 Å². The molecule has 94 valence electrons. The molecule has 7 heteroatoms. The molecule has 0 unspecified atom stereocenters. The maximum absolute atomic E-state index is 13.1. The standard InChI is InChI=1S/C10H12FNO5/c11-9-7-8(1-2-10(9)12(14)15)17-6-5-16-4-3-13/h1-2,7,13H,3-6H2. The van der Waals surface area contributed by atoms with Crippen molar-refractivity contribution >= 4 is 5.69 Å². The number of hydrogen-bond donors (Lipinski definition) is 1. The third-order valence-electron chi connectivity index (χ3n) is 1.85. The molecule has 0 atom stereocenters. The van der Waals surface area contributed by atoms with E-state index in [1.165, 1.54) is 6.07 Å². The minimum atomic E-state index is -0.941. The van der Waals surface area contributed by atoms with Gasteiger partial charge in [-0.25, -0.2) is 0 Å². The number of nitrogens with zero attached hydrogens (tertiary/aromatic N) is 1.